The van der Waals surface area contributed by atoms with E-state index in [1.807, 2.05) is 0 Å². The highest BCUT2D eigenvalue weighted by Crippen LogP contribution is 2.28. The van der Waals surface area contributed by atoms with Crippen molar-refractivity contribution >= 4 is 21.7 Å². The molecular formula is C11H16BrN3O. The molecule has 1 saturated carbocycles. The largest absolute Gasteiger partial charge is 0.328 e. The van der Waals surface area contributed by atoms with Gasteiger partial charge in [0.2, 0.25) is 0 Å². The quantitative estimate of drug-likeness (QED) is 0.844. The van der Waals surface area contributed by atoms with E-state index in [1.165, 1.54) is 0 Å². The first-order valence-corrected chi connectivity index (χ1v) is 6.36. The molecule has 2 N–H and O–H groups in total. The number of aromatic nitrogens is 2. The third-order valence-corrected chi connectivity index (χ3v) is 3.85. The zero-order valence-electron chi connectivity index (χ0n) is 9.32. The maximum absolute atomic E-state index is 12.3. The van der Waals surface area contributed by atoms with Crippen molar-refractivity contribution in [3.8, 4) is 0 Å². The monoisotopic (exact) mass is 285 g/mol. The molecule has 0 bridgehead atoms. The molecule has 1 aromatic heterocycles. The van der Waals surface area contributed by atoms with E-state index < -0.39 is 0 Å². The van der Waals surface area contributed by atoms with Gasteiger partial charge in [-0.3, -0.25) is 9.48 Å². The number of Topliss-reactive ketones (excluding diaryl/α,β-unsaturated/α-hetero) is 1. The summed E-state index contributed by atoms with van der Waals surface area (Å²) in [5.74, 6) is 0.310. The highest BCUT2D eigenvalue weighted by Gasteiger charge is 2.28. The van der Waals surface area contributed by atoms with Gasteiger partial charge in [-0.25, -0.2) is 0 Å². The number of ketones is 1. The average Bonchev–Trinajstić information content (AvgIpc) is 2.59. The summed E-state index contributed by atoms with van der Waals surface area (Å²) in [4.78, 5) is 12.3. The summed E-state index contributed by atoms with van der Waals surface area (Å²) in [5.41, 5.74) is 6.52. The van der Waals surface area contributed by atoms with E-state index in [0.29, 0.717) is 5.69 Å². The average molecular weight is 286 g/mol. The van der Waals surface area contributed by atoms with Gasteiger partial charge in [0.15, 0.2) is 5.78 Å². The summed E-state index contributed by atoms with van der Waals surface area (Å²) in [5, 5.41) is 4.07. The molecule has 0 saturated heterocycles. The first-order valence-electron chi connectivity index (χ1n) is 5.57. The van der Waals surface area contributed by atoms with Gasteiger partial charge >= 0.3 is 0 Å². The number of halogens is 1. The first kappa shape index (κ1) is 11.8. The second-order valence-corrected chi connectivity index (χ2v) is 5.30. The number of hydrogen-bond acceptors (Lipinski definition) is 3. The predicted octanol–water partition coefficient (Wildman–Crippen LogP) is 1.88. The number of hydrogen-bond donors (Lipinski definition) is 1. The third kappa shape index (κ3) is 2.20. The van der Waals surface area contributed by atoms with Crippen LogP contribution in [-0.2, 0) is 7.05 Å². The molecule has 0 radical (unpaired) electrons. The van der Waals surface area contributed by atoms with Gasteiger partial charge in [-0.1, -0.05) is 0 Å². The molecule has 0 spiro atoms. The predicted molar refractivity (Wildman–Crippen MR) is 65.2 cm³/mol. The van der Waals surface area contributed by atoms with Gasteiger partial charge in [0, 0.05) is 19.0 Å². The summed E-state index contributed by atoms with van der Waals surface area (Å²) < 4.78 is 2.43. The van der Waals surface area contributed by atoms with E-state index >= 15 is 0 Å². The molecule has 0 amide bonds. The molecule has 0 aromatic carbocycles. The lowest BCUT2D eigenvalue weighted by atomic mass is 9.83. The lowest BCUT2D eigenvalue weighted by Gasteiger charge is -2.24. The Balaban J connectivity index is 2.14. The fraction of sp³-hybridized carbons (Fsp3) is 0.636. The Labute approximate surface area is 103 Å². The normalized spacial score (nSPS) is 25.7. The molecule has 0 atom stereocenters. The van der Waals surface area contributed by atoms with E-state index in [-0.39, 0.29) is 17.7 Å². The van der Waals surface area contributed by atoms with Crippen LogP contribution in [0.15, 0.2) is 10.7 Å². The molecule has 16 heavy (non-hydrogen) atoms. The fourth-order valence-corrected chi connectivity index (χ4v) is 2.81. The Hall–Kier alpha value is -0.680. The number of aryl methyl sites for hydroxylation is 1. The van der Waals surface area contributed by atoms with Gasteiger partial charge in [0.05, 0.1) is 10.7 Å². The summed E-state index contributed by atoms with van der Waals surface area (Å²) in [6.45, 7) is 0. The second-order valence-electron chi connectivity index (χ2n) is 4.44. The SMILES string of the molecule is Cn1ncc(Br)c1C(=O)C1CCC(N)CC1. The number of carbonyl (C=O) groups is 1. The topological polar surface area (TPSA) is 60.9 Å². The third-order valence-electron chi connectivity index (χ3n) is 3.27. The minimum Gasteiger partial charge on any atom is -0.328 e. The van der Waals surface area contributed by atoms with Crippen LogP contribution in [0.2, 0.25) is 0 Å². The van der Waals surface area contributed by atoms with Gasteiger partial charge < -0.3 is 5.73 Å². The minimum atomic E-state index is 0.117. The maximum Gasteiger partial charge on any atom is 0.185 e. The van der Waals surface area contributed by atoms with Crippen molar-refractivity contribution in [3.05, 3.63) is 16.4 Å². The molecule has 1 aromatic rings. The Morgan fingerprint density at radius 2 is 2.12 bits per heavy atom. The van der Waals surface area contributed by atoms with Gasteiger partial charge in [-0.15, -0.1) is 0 Å². The number of carbonyl (C=O) groups excluding carboxylic acids is 1. The molecule has 0 aliphatic heterocycles. The number of nitrogens with two attached hydrogens (primary N) is 1. The van der Waals surface area contributed by atoms with Crippen molar-refractivity contribution in [1.82, 2.24) is 9.78 Å². The highest BCUT2D eigenvalue weighted by molar-refractivity contribution is 9.10. The van der Waals surface area contributed by atoms with Crippen LogP contribution in [0.5, 0.6) is 0 Å². The summed E-state index contributed by atoms with van der Waals surface area (Å²) in [6, 6.07) is 0.277. The molecule has 2 rings (SSSR count). The van der Waals surface area contributed by atoms with Crippen LogP contribution in [-0.4, -0.2) is 21.6 Å². The van der Waals surface area contributed by atoms with E-state index in [2.05, 4.69) is 21.0 Å². The first-order chi connectivity index (χ1) is 7.59. The van der Waals surface area contributed by atoms with Gasteiger partial charge in [-0.2, -0.15) is 5.10 Å². The van der Waals surface area contributed by atoms with Gasteiger partial charge in [-0.05, 0) is 41.6 Å². The zero-order valence-corrected chi connectivity index (χ0v) is 10.9. The van der Waals surface area contributed by atoms with E-state index in [4.69, 9.17) is 5.73 Å². The van der Waals surface area contributed by atoms with Crippen molar-refractivity contribution in [2.75, 3.05) is 0 Å². The molecule has 1 heterocycles. The van der Waals surface area contributed by atoms with E-state index in [9.17, 15) is 4.79 Å². The van der Waals surface area contributed by atoms with Crippen LogP contribution < -0.4 is 5.73 Å². The van der Waals surface area contributed by atoms with E-state index in [0.717, 1.165) is 30.2 Å². The van der Waals surface area contributed by atoms with Crippen LogP contribution in [0.3, 0.4) is 0 Å². The Kier molecular flexibility index (Phi) is 3.44. The molecule has 1 aliphatic carbocycles. The summed E-state index contributed by atoms with van der Waals surface area (Å²) in [7, 11) is 1.80. The lowest BCUT2D eigenvalue weighted by molar-refractivity contribution is 0.0874. The van der Waals surface area contributed by atoms with Crippen molar-refractivity contribution in [1.29, 1.82) is 0 Å². The second kappa shape index (κ2) is 4.67. The maximum atomic E-state index is 12.3. The van der Waals surface area contributed by atoms with Gasteiger partial charge in [0.25, 0.3) is 0 Å². The molecule has 88 valence electrons. The van der Waals surface area contributed by atoms with Crippen molar-refractivity contribution in [2.24, 2.45) is 18.7 Å². The molecule has 4 nitrogen and oxygen atoms in total. The van der Waals surface area contributed by atoms with Crippen molar-refractivity contribution in [3.63, 3.8) is 0 Å². The number of rotatable bonds is 2. The Bertz CT molecular complexity index is 374. The Morgan fingerprint density at radius 1 is 1.50 bits per heavy atom. The van der Waals surface area contributed by atoms with Crippen LogP contribution in [0.1, 0.15) is 36.2 Å². The molecule has 0 unspecified atom stereocenters. The Morgan fingerprint density at radius 3 is 2.62 bits per heavy atom. The van der Waals surface area contributed by atoms with Crippen molar-refractivity contribution in [2.45, 2.75) is 31.7 Å². The van der Waals surface area contributed by atoms with Gasteiger partial charge in [0.1, 0.15) is 5.69 Å². The minimum absolute atomic E-state index is 0.117. The summed E-state index contributed by atoms with van der Waals surface area (Å²) in [6.07, 6.45) is 5.37. The zero-order chi connectivity index (χ0) is 11.7. The van der Waals surface area contributed by atoms with Crippen molar-refractivity contribution < 1.29 is 4.79 Å². The van der Waals surface area contributed by atoms with Crippen LogP contribution in [0.25, 0.3) is 0 Å². The summed E-state index contributed by atoms with van der Waals surface area (Å²) >= 11 is 3.37. The number of nitrogens with zero attached hydrogens (tertiary/aromatic N) is 2. The fourth-order valence-electron chi connectivity index (χ4n) is 2.26. The molecule has 5 heteroatoms. The molecular weight excluding hydrogens is 270 g/mol. The smallest absolute Gasteiger partial charge is 0.185 e. The molecule has 1 fully saturated rings. The molecule has 1 aliphatic rings. The van der Waals surface area contributed by atoms with Crippen LogP contribution >= 0.6 is 15.9 Å². The van der Waals surface area contributed by atoms with E-state index in [1.54, 1.807) is 17.9 Å². The standard InChI is InChI=1S/C11H16BrN3O/c1-15-10(9(12)6-14-15)11(16)7-2-4-8(13)5-3-7/h6-8H,2-5,13H2,1H3. The highest BCUT2D eigenvalue weighted by atomic mass is 79.9. The van der Waals surface area contributed by atoms with Crippen LogP contribution in [0, 0.1) is 5.92 Å². The van der Waals surface area contributed by atoms with Crippen LogP contribution in [0.4, 0.5) is 0 Å². The lowest BCUT2D eigenvalue weighted by Crippen LogP contribution is -2.30.